The van der Waals surface area contributed by atoms with Gasteiger partial charge in [-0.05, 0) is 37.0 Å². The highest BCUT2D eigenvalue weighted by Gasteiger charge is 2.33. The number of carbonyl (C=O) groups is 1. The van der Waals surface area contributed by atoms with Crippen LogP contribution >= 0.6 is 11.6 Å². The Balaban J connectivity index is 2.06. The maximum atomic E-state index is 11.0. The monoisotopic (exact) mass is 268 g/mol. The SMILES string of the molecule is N[C@@]1(Cc2ccc(Cl)cc2)CCCN(C(=O)O)C1. The van der Waals surface area contributed by atoms with Crippen LogP contribution in [0, 0.1) is 0 Å². The summed E-state index contributed by atoms with van der Waals surface area (Å²) in [5.74, 6) is 0. The lowest BCUT2D eigenvalue weighted by Crippen LogP contribution is -2.56. The number of amides is 1. The minimum atomic E-state index is -0.888. The fourth-order valence-electron chi connectivity index (χ4n) is 2.48. The van der Waals surface area contributed by atoms with E-state index in [1.165, 1.54) is 4.90 Å². The molecule has 1 aliphatic heterocycles. The Bertz CT molecular complexity index is 435. The van der Waals surface area contributed by atoms with Crippen molar-refractivity contribution in [2.45, 2.75) is 24.8 Å². The highest BCUT2D eigenvalue weighted by atomic mass is 35.5. The molecule has 1 aromatic rings. The summed E-state index contributed by atoms with van der Waals surface area (Å²) in [6.45, 7) is 0.972. The summed E-state index contributed by atoms with van der Waals surface area (Å²) in [7, 11) is 0. The molecule has 4 nitrogen and oxygen atoms in total. The van der Waals surface area contributed by atoms with Gasteiger partial charge in [-0.25, -0.2) is 4.79 Å². The number of piperidine rings is 1. The van der Waals surface area contributed by atoms with Gasteiger partial charge in [0, 0.05) is 23.7 Å². The number of nitrogens with two attached hydrogens (primary N) is 1. The van der Waals surface area contributed by atoms with Crippen molar-refractivity contribution in [3.8, 4) is 0 Å². The van der Waals surface area contributed by atoms with E-state index in [4.69, 9.17) is 22.4 Å². The normalized spacial score (nSPS) is 24.0. The number of nitrogens with zero attached hydrogens (tertiary/aromatic N) is 1. The van der Waals surface area contributed by atoms with Gasteiger partial charge in [-0.3, -0.25) is 0 Å². The van der Waals surface area contributed by atoms with E-state index in [2.05, 4.69) is 0 Å². The first-order valence-electron chi connectivity index (χ1n) is 6.00. The zero-order valence-corrected chi connectivity index (χ0v) is 10.9. The van der Waals surface area contributed by atoms with Crippen molar-refractivity contribution in [3.05, 3.63) is 34.9 Å². The second-order valence-corrected chi connectivity index (χ2v) is 5.41. The van der Waals surface area contributed by atoms with E-state index in [0.717, 1.165) is 18.4 Å². The van der Waals surface area contributed by atoms with Crippen molar-refractivity contribution >= 4 is 17.7 Å². The van der Waals surface area contributed by atoms with Crippen LogP contribution in [-0.2, 0) is 6.42 Å². The topological polar surface area (TPSA) is 66.6 Å². The first-order chi connectivity index (χ1) is 8.48. The summed E-state index contributed by atoms with van der Waals surface area (Å²) in [5.41, 5.74) is 6.94. The zero-order valence-electron chi connectivity index (χ0n) is 10.1. The molecular weight excluding hydrogens is 252 g/mol. The predicted molar refractivity (Wildman–Crippen MR) is 70.9 cm³/mol. The second-order valence-electron chi connectivity index (χ2n) is 4.97. The van der Waals surface area contributed by atoms with Crippen molar-refractivity contribution in [2.24, 2.45) is 5.73 Å². The van der Waals surface area contributed by atoms with Crippen LogP contribution in [0.3, 0.4) is 0 Å². The van der Waals surface area contributed by atoms with Crippen LogP contribution in [0.1, 0.15) is 18.4 Å². The van der Waals surface area contributed by atoms with Gasteiger partial charge in [-0.1, -0.05) is 23.7 Å². The van der Waals surface area contributed by atoms with E-state index in [0.29, 0.717) is 24.5 Å². The molecule has 0 radical (unpaired) electrons. The highest BCUT2D eigenvalue weighted by Crippen LogP contribution is 2.23. The maximum absolute atomic E-state index is 11.0. The molecule has 1 saturated heterocycles. The lowest BCUT2D eigenvalue weighted by molar-refractivity contribution is 0.110. The van der Waals surface area contributed by atoms with Crippen LogP contribution in [-0.4, -0.2) is 34.7 Å². The van der Waals surface area contributed by atoms with Crippen molar-refractivity contribution < 1.29 is 9.90 Å². The third kappa shape index (κ3) is 3.15. The van der Waals surface area contributed by atoms with Gasteiger partial charge in [-0.15, -0.1) is 0 Å². The number of rotatable bonds is 2. The Morgan fingerprint density at radius 2 is 2.11 bits per heavy atom. The van der Waals surface area contributed by atoms with Crippen LogP contribution in [0.2, 0.25) is 5.02 Å². The maximum Gasteiger partial charge on any atom is 0.407 e. The molecule has 1 fully saturated rings. The highest BCUT2D eigenvalue weighted by molar-refractivity contribution is 6.30. The smallest absolute Gasteiger partial charge is 0.407 e. The van der Waals surface area contributed by atoms with Crippen LogP contribution in [0.4, 0.5) is 4.79 Å². The quantitative estimate of drug-likeness (QED) is 0.865. The summed E-state index contributed by atoms with van der Waals surface area (Å²) >= 11 is 5.84. The van der Waals surface area contributed by atoms with Gasteiger partial charge in [0.15, 0.2) is 0 Å². The molecule has 1 aromatic carbocycles. The average Bonchev–Trinajstić information content (AvgIpc) is 2.32. The number of benzene rings is 1. The Hall–Kier alpha value is -1.26. The van der Waals surface area contributed by atoms with Gasteiger partial charge in [0.2, 0.25) is 0 Å². The average molecular weight is 269 g/mol. The number of likely N-dealkylation sites (tertiary alicyclic amines) is 1. The molecule has 0 aromatic heterocycles. The van der Waals surface area contributed by atoms with Crippen LogP contribution in [0.25, 0.3) is 0 Å². The third-order valence-corrected chi connectivity index (χ3v) is 3.60. The number of hydrogen-bond donors (Lipinski definition) is 2. The molecule has 5 heteroatoms. The molecule has 0 saturated carbocycles. The fourth-order valence-corrected chi connectivity index (χ4v) is 2.60. The molecule has 18 heavy (non-hydrogen) atoms. The van der Waals surface area contributed by atoms with Crippen molar-refractivity contribution in [3.63, 3.8) is 0 Å². The molecule has 1 heterocycles. The summed E-state index contributed by atoms with van der Waals surface area (Å²) < 4.78 is 0. The van der Waals surface area contributed by atoms with E-state index in [9.17, 15) is 4.79 Å². The van der Waals surface area contributed by atoms with Crippen molar-refractivity contribution in [1.82, 2.24) is 4.90 Å². The molecule has 0 bridgehead atoms. The first kappa shape index (κ1) is 13.2. The molecular formula is C13H17ClN2O2. The van der Waals surface area contributed by atoms with Gasteiger partial charge in [-0.2, -0.15) is 0 Å². The number of halogens is 1. The van der Waals surface area contributed by atoms with E-state index < -0.39 is 11.6 Å². The van der Waals surface area contributed by atoms with Crippen molar-refractivity contribution in [2.75, 3.05) is 13.1 Å². The number of hydrogen-bond acceptors (Lipinski definition) is 2. The molecule has 1 aliphatic rings. The Morgan fingerprint density at radius 1 is 1.44 bits per heavy atom. The molecule has 1 atom stereocenters. The van der Waals surface area contributed by atoms with E-state index >= 15 is 0 Å². The fraction of sp³-hybridized carbons (Fsp3) is 0.462. The third-order valence-electron chi connectivity index (χ3n) is 3.35. The minimum absolute atomic E-state index is 0.394. The lowest BCUT2D eigenvalue weighted by atomic mass is 9.84. The molecule has 0 spiro atoms. The Morgan fingerprint density at radius 3 is 2.72 bits per heavy atom. The van der Waals surface area contributed by atoms with Crippen molar-refractivity contribution in [1.29, 1.82) is 0 Å². The van der Waals surface area contributed by atoms with E-state index in [1.807, 2.05) is 24.3 Å². The first-order valence-corrected chi connectivity index (χ1v) is 6.37. The molecule has 2 rings (SSSR count). The van der Waals surface area contributed by atoms with Crippen LogP contribution in [0.15, 0.2) is 24.3 Å². The van der Waals surface area contributed by atoms with Gasteiger partial charge in [0.1, 0.15) is 0 Å². The Labute approximate surface area is 111 Å². The molecule has 98 valence electrons. The summed E-state index contributed by atoms with van der Waals surface area (Å²) in [6, 6.07) is 7.55. The molecule has 0 unspecified atom stereocenters. The van der Waals surface area contributed by atoms with Gasteiger partial charge in [0.05, 0.1) is 0 Å². The summed E-state index contributed by atoms with van der Waals surface area (Å²) in [5, 5.41) is 9.72. The largest absolute Gasteiger partial charge is 0.465 e. The zero-order chi connectivity index (χ0) is 13.2. The predicted octanol–water partition coefficient (Wildman–Crippen LogP) is 2.35. The molecule has 1 amide bonds. The van der Waals surface area contributed by atoms with E-state index in [-0.39, 0.29) is 0 Å². The van der Waals surface area contributed by atoms with E-state index in [1.54, 1.807) is 0 Å². The van der Waals surface area contributed by atoms with Crippen LogP contribution < -0.4 is 5.73 Å². The molecule has 3 N–H and O–H groups in total. The second kappa shape index (κ2) is 5.16. The summed E-state index contributed by atoms with van der Waals surface area (Å²) in [6.07, 6.45) is 1.45. The standard InChI is InChI=1S/C13H17ClN2O2/c14-11-4-2-10(3-5-11)8-13(15)6-1-7-16(9-13)12(17)18/h2-5H,1,6-9,15H2,(H,17,18)/t13-/m1/s1. The minimum Gasteiger partial charge on any atom is -0.465 e. The summed E-state index contributed by atoms with van der Waals surface area (Å²) in [4.78, 5) is 12.4. The van der Waals surface area contributed by atoms with Gasteiger partial charge < -0.3 is 15.7 Å². The molecule has 0 aliphatic carbocycles. The lowest BCUT2D eigenvalue weighted by Gasteiger charge is -2.39. The Kier molecular flexibility index (Phi) is 3.78. The van der Waals surface area contributed by atoms with Crippen LogP contribution in [0.5, 0.6) is 0 Å². The van der Waals surface area contributed by atoms with Gasteiger partial charge >= 0.3 is 6.09 Å². The van der Waals surface area contributed by atoms with Gasteiger partial charge in [0.25, 0.3) is 0 Å². The number of carboxylic acid groups (broad SMARTS) is 1.